The molecule has 45 unspecified atom stereocenters. The molecule has 0 radical (unpaired) electrons. The number of hydrogen-bond acceptors (Lipinski definition) is 47. The maximum absolute atomic E-state index is 12.8. The summed E-state index contributed by atoms with van der Waals surface area (Å²) in [5.41, 5.74) is 50.2. The van der Waals surface area contributed by atoms with Crippen LogP contribution in [0.15, 0.2) is 0 Å². The Bertz CT molecular complexity index is 2620. The van der Waals surface area contributed by atoms with Gasteiger partial charge in [0.1, 0.15) is 171 Å². The van der Waals surface area contributed by atoms with Crippen molar-refractivity contribution >= 4 is 6.09 Å². The molecule has 37 N–H and O–H groups in total. The Morgan fingerprint density at radius 1 is 0.269 bits per heavy atom. The van der Waals surface area contributed by atoms with E-state index in [0.717, 1.165) is 7.11 Å². The Morgan fingerprint density at radius 3 is 0.702 bits per heavy atom. The van der Waals surface area contributed by atoms with Gasteiger partial charge in [-0.15, -0.1) is 0 Å². The number of carbonyl (C=O) groups is 1. The van der Waals surface area contributed by atoms with Crippen molar-refractivity contribution in [3.8, 4) is 0 Å². The Morgan fingerprint density at radius 2 is 0.462 bits per heavy atom. The number of amides is 1. The van der Waals surface area contributed by atoms with Crippen LogP contribution in [0.5, 0.6) is 0 Å². The maximum Gasteiger partial charge on any atom is 0.407 e. The molecular weight excluding hydrogens is 1420 g/mol. The van der Waals surface area contributed by atoms with Gasteiger partial charge in [-0.2, -0.15) is 0 Å². The number of aliphatic hydroxyl groups excluding tert-OH is 20. The zero-order valence-electron chi connectivity index (χ0n) is 55.7. The van der Waals surface area contributed by atoms with Crippen molar-refractivity contribution in [2.24, 2.45) is 45.9 Å². The van der Waals surface area contributed by atoms with Crippen LogP contribution < -0.4 is 51.2 Å². The molecule has 9 rings (SSSR count). The van der Waals surface area contributed by atoms with Gasteiger partial charge in [0.05, 0.1) is 115 Å². The number of nitrogens with one attached hydrogen (secondary N) is 1. The van der Waals surface area contributed by atoms with Crippen LogP contribution in [0.4, 0.5) is 4.79 Å². The van der Waals surface area contributed by atoms with E-state index in [1.807, 2.05) is 0 Å². The minimum absolute atomic E-state index is 0.762. The molecule has 0 spiro atoms. The Hall–Kier alpha value is -2.53. The van der Waals surface area contributed by atoms with Crippen LogP contribution >= 0.6 is 0 Å². The van der Waals surface area contributed by atoms with E-state index in [1.165, 1.54) is 0 Å². The molecule has 1 amide bonds. The number of aliphatic hydroxyl groups is 20. The molecule has 9 aliphatic rings. The summed E-state index contributed by atoms with van der Waals surface area (Å²) in [4.78, 5) is 12.8. The number of nitrogens with two attached hydrogens (primary N) is 8. The molecule has 45 atom stereocenters. The molecular formula is C56H103N9O39. The van der Waals surface area contributed by atoms with E-state index in [1.54, 1.807) is 0 Å². The average molecular weight is 1530 g/mol. The van der Waals surface area contributed by atoms with E-state index in [9.17, 15) is 107 Å². The smallest absolute Gasteiger partial charge is 0.407 e. The maximum atomic E-state index is 12.8. The SMILES string of the molecule is COC(=O)NC1C(OC2C(CO)OC(OC3C(CO)OC(O)C(N)C3O)C(N)C2O)OC(CO)C(OC2OC(CO)C(OC3OC(CO)C(OC4OC(CO)C(OC5OC(CO)C(OC6OC(CO)C(OC7OC(CO)C(O)C(O)C7N)C(O)C6N)C(O)C5N)C(O)C4N)C(O)C3N)C(O)C2N)C1O. The first kappa shape index (κ1) is 85.5. The van der Waals surface area contributed by atoms with E-state index in [4.69, 9.17) is 131 Å². The Kier molecular flexibility index (Phi) is 30.6. The zero-order chi connectivity index (χ0) is 76.4. The predicted octanol–water partition coefficient (Wildman–Crippen LogP) is -20.5. The predicted molar refractivity (Wildman–Crippen MR) is 326 cm³/mol. The van der Waals surface area contributed by atoms with E-state index in [2.05, 4.69) is 5.32 Å². The molecule has 0 aromatic heterocycles. The lowest BCUT2D eigenvalue weighted by molar-refractivity contribution is -0.372. The monoisotopic (exact) mass is 1530 g/mol. The number of ether oxygens (including phenoxy) is 18. The topological polar surface area (TPSA) is 808 Å². The van der Waals surface area contributed by atoms with Gasteiger partial charge in [-0.1, -0.05) is 0 Å². The molecule has 0 aliphatic carbocycles. The second-order valence-corrected chi connectivity index (χ2v) is 26.5. The van der Waals surface area contributed by atoms with Crippen molar-refractivity contribution in [2.45, 2.75) is 276 Å². The van der Waals surface area contributed by atoms with Gasteiger partial charge in [0.2, 0.25) is 0 Å². The summed E-state index contributed by atoms with van der Waals surface area (Å²) in [6.45, 7) is -8.24. The molecule has 48 heteroatoms. The number of carbonyl (C=O) groups excluding carboxylic acids is 1. The summed E-state index contributed by atoms with van der Waals surface area (Å²) >= 11 is 0. The average Bonchev–Trinajstić information content (AvgIpc) is 0.773. The van der Waals surface area contributed by atoms with Crippen LogP contribution in [0.1, 0.15) is 0 Å². The molecule has 9 aliphatic heterocycles. The normalized spacial score (nSPS) is 52.0. The first-order valence-electron chi connectivity index (χ1n) is 33.4. The van der Waals surface area contributed by atoms with Crippen molar-refractivity contribution in [1.82, 2.24) is 5.32 Å². The highest BCUT2D eigenvalue weighted by atomic mass is 16.8. The molecule has 0 saturated carbocycles. The molecule has 9 saturated heterocycles. The lowest BCUT2D eigenvalue weighted by Gasteiger charge is -2.51. The Labute approximate surface area is 590 Å². The van der Waals surface area contributed by atoms with Crippen LogP contribution in [-0.2, 0) is 85.3 Å². The molecule has 0 aromatic rings. The van der Waals surface area contributed by atoms with Crippen LogP contribution in [0.3, 0.4) is 0 Å². The van der Waals surface area contributed by atoms with Crippen LogP contribution in [0.2, 0.25) is 0 Å². The highest BCUT2D eigenvalue weighted by Gasteiger charge is 2.60. The van der Waals surface area contributed by atoms with Gasteiger partial charge in [0.15, 0.2) is 56.6 Å². The molecule has 0 aromatic carbocycles. The molecule has 9 fully saturated rings. The van der Waals surface area contributed by atoms with Gasteiger partial charge < -0.3 is 239 Å². The molecule has 104 heavy (non-hydrogen) atoms. The summed E-state index contributed by atoms with van der Waals surface area (Å²) in [7, 11) is 0.957. The summed E-state index contributed by atoms with van der Waals surface area (Å²) in [6, 6.07) is -14.6. The second kappa shape index (κ2) is 37.2. The van der Waals surface area contributed by atoms with E-state index >= 15 is 0 Å². The van der Waals surface area contributed by atoms with Gasteiger partial charge in [-0.25, -0.2) is 4.79 Å². The van der Waals surface area contributed by atoms with E-state index < -0.39 is 341 Å². The Balaban J connectivity index is 0.794. The lowest BCUT2D eigenvalue weighted by atomic mass is 9.93. The third-order valence-corrected chi connectivity index (χ3v) is 19.9. The molecule has 48 nitrogen and oxygen atoms in total. The third-order valence-electron chi connectivity index (χ3n) is 19.9. The van der Waals surface area contributed by atoms with Gasteiger partial charge in [-0.3, -0.25) is 0 Å². The fraction of sp³-hybridized carbons (Fsp3) is 0.982. The third kappa shape index (κ3) is 17.7. The van der Waals surface area contributed by atoms with Crippen molar-refractivity contribution < 1.29 is 192 Å². The van der Waals surface area contributed by atoms with Gasteiger partial charge in [0, 0.05) is 0 Å². The van der Waals surface area contributed by atoms with Crippen molar-refractivity contribution in [1.29, 1.82) is 0 Å². The quantitative estimate of drug-likeness (QED) is 0.0382. The van der Waals surface area contributed by atoms with Gasteiger partial charge in [0.25, 0.3) is 0 Å². The standard InChI is InChI=1S/C56H103N9O39/c1-87-56(86)65-28-38(84)46(19(10-74)96-55(28)104-45-18(9-73)95-49(27(64)37(45)83)97-39-12(3-67)88-47(85)20(57)31(39)77)103-54-26(63)36(82)44(17(8-72)94-54)102-53-25(62)35(81)43(16(7-71)93-53)101-52-24(61)34(80)42(15(6-70)92-52)100-51-23(60)33(79)41(14(5-69)91-51)99-50-22(59)32(78)40(13(4-68)90-50)98-48-21(58)30(76)29(75)11(2-66)89-48/h11-55,66-85H,2-10,57-64H2,1H3,(H,65,86). The highest BCUT2D eigenvalue weighted by Crippen LogP contribution is 2.39. The van der Waals surface area contributed by atoms with Crippen LogP contribution in [0, 0.1) is 0 Å². The van der Waals surface area contributed by atoms with Crippen LogP contribution in [-0.4, -0.2) is 451 Å². The van der Waals surface area contributed by atoms with Crippen molar-refractivity contribution in [3.05, 3.63) is 0 Å². The molecule has 606 valence electrons. The van der Waals surface area contributed by atoms with E-state index in [0.29, 0.717) is 0 Å². The summed E-state index contributed by atoms with van der Waals surface area (Å²) in [5.74, 6) is 0. The fourth-order valence-corrected chi connectivity index (χ4v) is 13.7. The van der Waals surface area contributed by atoms with E-state index in [-0.39, 0.29) is 0 Å². The van der Waals surface area contributed by atoms with Crippen molar-refractivity contribution in [2.75, 3.05) is 66.6 Å². The number of methoxy groups -OCH3 is 1. The highest BCUT2D eigenvalue weighted by molar-refractivity contribution is 5.67. The second-order valence-electron chi connectivity index (χ2n) is 26.5. The van der Waals surface area contributed by atoms with Gasteiger partial charge in [-0.05, 0) is 0 Å². The summed E-state index contributed by atoms with van der Waals surface area (Å²) in [5, 5.41) is 219. The number of alkyl carbamates (subject to hydrolysis) is 1. The molecule has 9 heterocycles. The first-order valence-corrected chi connectivity index (χ1v) is 33.4. The van der Waals surface area contributed by atoms with Crippen molar-refractivity contribution in [3.63, 3.8) is 0 Å². The fourth-order valence-electron chi connectivity index (χ4n) is 13.7. The minimum atomic E-state index is -2.04. The number of hydrogen-bond donors (Lipinski definition) is 29. The summed E-state index contributed by atoms with van der Waals surface area (Å²) in [6.07, 6.45) is -62.6. The van der Waals surface area contributed by atoms with Crippen LogP contribution in [0.25, 0.3) is 0 Å². The molecule has 0 bridgehead atoms. The largest absolute Gasteiger partial charge is 0.453 e. The van der Waals surface area contributed by atoms with Gasteiger partial charge >= 0.3 is 6.09 Å². The zero-order valence-corrected chi connectivity index (χ0v) is 55.7. The summed E-state index contributed by atoms with van der Waals surface area (Å²) < 4.78 is 104. The first-order chi connectivity index (χ1) is 49.4. The number of rotatable bonds is 26. The lowest BCUT2D eigenvalue weighted by Crippen LogP contribution is -2.71. The minimum Gasteiger partial charge on any atom is -0.453 e.